The Hall–Kier alpha value is -4.49. The van der Waals surface area contributed by atoms with Gasteiger partial charge in [-0.1, -0.05) is 48.5 Å². The van der Waals surface area contributed by atoms with Crippen molar-refractivity contribution in [2.75, 3.05) is 5.32 Å². The van der Waals surface area contributed by atoms with Crippen molar-refractivity contribution >= 4 is 57.4 Å². The number of nitrogen functional groups attached to an aromatic ring is 1. The molecule has 0 saturated heterocycles. The van der Waals surface area contributed by atoms with Gasteiger partial charge in [-0.2, -0.15) is 0 Å². The summed E-state index contributed by atoms with van der Waals surface area (Å²) in [5.41, 5.74) is 10.2. The van der Waals surface area contributed by atoms with Crippen molar-refractivity contribution in [2.24, 2.45) is 12.8 Å². The fourth-order valence-corrected chi connectivity index (χ4v) is 4.25. The predicted molar refractivity (Wildman–Crippen MR) is 145 cm³/mol. The van der Waals surface area contributed by atoms with E-state index in [4.69, 9.17) is 11.1 Å². The third-order valence-corrected chi connectivity index (χ3v) is 6.06. The molecule has 0 radical (unpaired) electrons. The van der Waals surface area contributed by atoms with Crippen molar-refractivity contribution in [2.45, 2.75) is 6.42 Å². The second kappa shape index (κ2) is 10.0. The molecule has 0 spiro atoms. The number of anilines is 1. The molecule has 4 N–H and O–H groups in total. The summed E-state index contributed by atoms with van der Waals surface area (Å²) in [6, 6.07) is 21.9. The van der Waals surface area contributed by atoms with Crippen molar-refractivity contribution in [1.29, 1.82) is 5.41 Å². The highest BCUT2D eigenvalue weighted by atomic mass is 35.5. The normalized spacial score (nSPS) is 10.7. The largest absolute Gasteiger partial charge is 0.384 e. The van der Waals surface area contributed by atoms with Gasteiger partial charge < -0.3 is 15.6 Å². The Kier molecular flexibility index (Phi) is 6.85. The van der Waals surface area contributed by atoms with Crippen LogP contribution in [0.4, 0.5) is 5.69 Å². The summed E-state index contributed by atoms with van der Waals surface area (Å²) in [6.07, 6.45) is 3.73. The molecular weight excluding hydrogens is 474 g/mol. The summed E-state index contributed by atoms with van der Waals surface area (Å²) in [7, 11) is 1.88. The molecule has 180 valence electrons. The van der Waals surface area contributed by atoms with Gasteiger partial charge in [-0.3, -0.25) is 20.0 Å². The molecule has 8 heteroatoms. The van der Waals surface area contributed by atoms with E-state index in [1.807, 2.05) is 66.3 Å². The van der Waals surface area contributed by atoms with Gasteiger partial charge in [0.15, 0.2) is 5.78 Å². The number of halogens is 1. The number of rotatable bonds is 6. The Morgan fingerprint density at radius 1 is 1.00 bits per heavy atom. The van der Waals surface area contributed by atoms with Crippen LogP contribution in [0.1, 0.15) is 31.8 Å². The number of pyridine rings is 1. The standard InChI is InChI=1S/C28H23N5O2.ClH/c1-33-16-23(25(34)14-17-7-9-19(10-8-17)27(29)30)21-12-11-20(15-24(21)33)32-28(35)22-6-2-4-18-5-3-13-31-26(18)22;/h2-13,15-16H,14H2,1H3,(H3,29,30)(H,32,35);1H. The predicted octanol–water partition coefficient (Wildman–Crippen LogP) is 5.11. The number of para-hydroxylation sites is 1. The topological polar surface area (TPSA) is 114 Å². The summed E-state index contributed by atoms with van der Waals surface area (Å²) in [5, 5.41) is 12.2. The molecule has 0 aliphatic rings. The third kappa shape index (κ3) is 4.69. The summed E-state index contributed by atoms with van der Waals surface area (Å²) in [6.45, 7) is 0. The maximum Gasteiger partial charge on any atom is 0.257 e. The van der Waals surface area contributed by atoms with Crippen molar-refractivity contribution in [3.8, 4) is 0 Å². The minimum absolute atomic E-state index is 0. The Balaban J connectivity index is 0.00000304. The summed E-state index contributed by atoms with van der Waals surface area (Å²) >= 11 is 0. The highest BCUT2D eigenvalue weighted by Gasteiger charge is 2.17. The number of benzene rings is 3. The van der Waals surface area contributed by atoms with E-state index >= 15 is 0 Å². The van der Waals surface area contributed by atoms with E-state index in [9.17, 15) is 9.59 Å². The summed E-state index contributed by atoms with van der Waals surface area (Å²) in [5.74, 6) is -0.255. The van der Waals surface area contributed by atoms with Gasteiger partial charge in [0, 0.05) is 53.4 Å². The number of hydrogen-bond acceptors (Lipinski definition) is 4. The van der Waals surface area contributed by atoms with Crippen molar-refractivity contribution < 1.29 is 9.59 Å². The van der Waals surface area contributed by atoms with Crippen LogP contribution in [0, 0.1) is 5.41 Å². The van der Waals surface area contributed by atoms with Crippen molar-refractivity contribution in [3.63, 3.8) is 0 Å². The first-order valence-corrected chi connectivity index (χ1v) is 11.1. The molecular formula is C28H24ClN5O2. The van der Waals surface area contributed by atoms with Crippen molar-refractivity contribution in [1.82, 2.24) is 9.55 Å². The first-order chi connectivity index (χ1) is 16.9. The quantitative estimate of drug-likeness (QED) is 0.172. The van der Waals surface area contributed by atoms with Crippen LogP contribution in [-0.2, 0) is 13.5 Å². The Morgan fingerprint density at radius 3 is 2.50 bits per heavy atom. The van der Waals surface area contributed by atoms with Gasteiger partial charge in [-0.05, 0) is 29.8 Å². The van der Waals surface area contributed by atoms with Crippen LogP contribution < -0.4 is 11.1 Å². The van der Waals surface area contributed by atoms with Gasteiger partial charge in [0.05, 0.1) is 16.6 Å². The lowest BCUT2D eigenvalue weighted by molar-refractivity contribution is 0.0992. The maximum atomic E-state index is 13.1. The van der Waals surface area contributed by atoms with E-state index in [-0.39, 0.29) is 36.4 Å². The van der Waals surface area contributed by atoms with Crippen LogP contribution in [0.2, 0.25) is 0 Å². The molecule has 0 fully saturated rings. The first kappa shape index (κ1) is 24.6. The van der Waals surface area contributed by atoms with Crippen LogP contribution in [0.25, 0.3) is 21.8 Å². The number of fused-ring (bicyclic) bond motifs is 2. The van der Waals surface area contributed by atoms with Crippen LogP contribution in [0.3, 0.4) is 0 Å². The zero-order chi connectivity index (χ0) is 24.5. The van der Waals surface area contributed by atoms with Gasteiger partial charge in [-0.15, -0.1) is 12.4 Å². The van der Waals surface area contributed by atoms with Gasteiger partial charge >= 0.3 is 0 Å². The average molecular weight is 498 g/mol. The van der Waals surface area contributed by atoms with Gasteiger partial charge in [0.2, 0.25) is 0 Å². The first-order valence-electron chi connectivity index (χ1n) is 11.1. The molecule has 0 saturated carbocycles. The fourth-order valence-electron chi connectivity index (χ4n) is 4.25. The molecule has 0 aliphatic carbocycles. The van der Waals surface area contributed by atoms with E-state index in [1.54, 1.807) is 30.5 Å². The highest BCUT2D eigenvalue weighted by Crippen LogP contribution is 2.26. The van der Waals surface area contributed by atoms with Crippen molar-refractivity contribution in [3.05, 3.63) is 107 Å². The number of carbonyl (C=O) groups excluding carboxylic acids is 2. The zero-order valence-corrected chi connectivity index (χ0v) is 20.3. The molecule has 7 nitrogen and oxygen atoms in total. The summed E-state index contributed by atoms with van der Waals surface area (Å²) < 4.78 is 1.89. The molecule has 3 aromatic carbocycles. The molecule has 1 amide bonds. The molecule has 0 atom stereocenters. The van der Waals surface area contributed by atoms with Crippen LogP contribution in [0.5, 0.6) is 0 Å². The summed E-state index contributed by atoms with van der Waals surface area (Å²) in [4.78, 5) is 30.4. The van der Waals surface area contributed by atoms with E-state index in [0.29, 0.717) is 27.9 Å². The van der Waals surface area contributed by atoms with E-state index in [2.05, 4.69) is 10.3 Å². The number of aromatic nitrogens is 2. The number of hydrogen-bond donors (Lipinski definition) is 3. The number of ketones is 1. The zero-order valence-electron chi connectivity index (χ0n) is 19.5. The van der Waals surface area contributed by atoms with E-state index < -0.39 is 0 Å². The van der Waals surface area contributed by atoms with Crippen LogP contribution in [0.15, 0.2) is 85.2 Å². The molecule has 5 rings (SSSR count). The monoisotopic (exact) mass is 497 g/mol. The number of nitrogens with one attached hydrogen (secondary N) is 2. The fraction of sp³-hybridized carbons (Fsp3) is 0.0714. The maximum absolute atomic E-state index is 13.1. The molecule has 36 heavy (non-hydrogen) atoms. The second-order valence-corrected chi connectivity index (χ2v) is 8.43. The Morgan fingerprint density at radius 2 is 1.75 bits per heavy atom. The number of nitrogens with zero attached hydrogens (tertiary/aromatic N) is 2. The lowest BCUT2D eigenvalue weighted by Crippen LogP contribution is -2.12. The number of nitrogens with two attached hydrogens (primary N) is 1. The minimum Gasteiger partial charge on any atom is -0.384 e. The Bertz CT molecular complexity index is 1620. The van der Waals surface area contributed by atoms with Crippen LogP contribution >= 0.6 is 12.4 Å². The molecule has 2 aromatic heterocycles. The molecule has 0 aliphatic heterocycles. The number of carbonyl (C=O) groups is 2. The van der Waals surface area contributed by atoms with Gasteiger partial charge in [-0.25, -0.2) is 0 Å². The molecule has 0 bridgehead atoms. The van der Waals surface area contributed by atoms with Crippen LogP contribution in [-0.4, -0.2) is 27.1 Å². The lowest BCUT2D eigenvalue weighted by atomic mass is 10.0. The number of Topliss-reactive ketones (excluding diaryl/α,β-unsaturated/α-hetero) is 1. The lowest BCUT2D eigenvalue weighted by Gasteiger charge is -2.08. The minimum atomic E-state index is -0.242. The number of amides is 1. The van der Waals surface area contributed by atoms with E-state index in [0.717, 1.165) is 21.9 Å². The number of aryl methyl sites for hydroxylation is 1. The molecule has 2 heterocycles. The third-order valence-electron chi connectivity index (χ3n) is 6.06. The Labute approximate surface area is 213 Å². The molecule has 0 unspecified atom stereocenters. The van der Waals surface area contributed by atoms with E-state index in [1.165, 1.54) is 0 Å². The second-order valence-electron chi connectivity index (χ2n) is 8.43. The highest BCUT2D eigenvalue weighted by molar-refractivity contribution is 6.13. The number of amidine groups is 1. The van der Waals surface area contributed by atoms with Gasteiger partial charge in [0.25, 0.3) is 5.91 Å². The smallest absolute Gasteiger partial charge is 0.257 e. The van der Waals surface area contributed by atoms with Gasteiger partial charge in [0.1, 0.15) is 5.84 Å². The molecule has 5 aromatic rings. The SMILES string of the molecule is Cl.Cn1cc(C(=O)Cc2ccc(C(=N)N)cc2)c2ccc(NC(=O)c3cccc4cccnc34)cc21. The average Bonchev–Trinajstić information content (AvgIpc) is 3.20.